The number of nitrogens with two attached hydrogens (primary N) is 1. The molecule has 0 aromatic heterocycles. The van der Waals surface area contributed by atoms with Gasteiger partial charge < -0.3 is 5.73 Å². The van der Waals surface area contributed by atoms with E-state index in [4.69, 9.17) is 5.73 Å². The average molecular weight is 193 g/mol. The topological polar surface area (TPSA) is 26.0 Å². The van der Waals surface area contributed by atoms with Crippen molar-refractivity contribution in [1.82, 2.24) is 0 Å². The third kappa shape index (κ3) is 2.27. The van der Waals surface area contributed by atoms with E-state index in [0.717, 1.165) is 0 Å². The molecule has 0 aromatic rings. The molecule has 14 heavy (non-hydrogen) atoms. The highest BCUT2D eigenvalue weighted by molar-refractivity contribution is 5.27. The van der Waals surface area contributed by atoms with E-state index in [1.54, 1.807) is 0 Å². The van der Waals surface area contributed by atoms with Gasteiger partial charge in [0.2, 0.25) is 0 Å². The van der Waals surface area contributed by atoms with Crippen LogP contribution in [0, 0.1) is 10.8 Å². The fraction of sp³-hybridized carbons (Fsp3) is 0.692. The van der Waals surface area contributed by atoms with Crippen LogP contribution in [0.25, 0.3) is 0 Å². The lowest BCUT2D eigenvalue weighted by molar-refractivity contribution is 0.349. The molecule has 0 spiro atoms. The van der Waals surface area contributed by atoms with Gasteiger partial charge in [0, 0.05) is 12.0 Å². The van der Waals surface area contributed by atoms with Gasteiger partial charge in [-0.3, -0.25) is 0 Å². The highest BCUT2D eigenvalue weighted by Crippen LogP contribution is 2.45. The molecule has 0 fully saturated rings. The first kappa shape index (κ1) is 11.5. The third-order valence-electron chi connectivity index (χ3n) is 3.22. The minimum absolute atomic E-state index is 0.166. The van der Waals surface area contributed by atoms with Gasteiger partial charge >= 0.3 is 0 Å². The molecular weight excluding hydrogens is 170 g/mol. The molecule has 0 aromatic carbocycles. The first-order chi connectivity index (χ1) is 6.40. The van der Waals surface area contributed by atoms with Crippen molar-refractivity contribution in [2.24, 2.45) is 16.6 Å². The van der Waals surface area contributed by atoms with Crippen molar-refractivity contribution in [3.8, 4) is 0 Å². The van der Waals surface area contributed by atoms with E-state index in [0.29, 0.717) is 6.54 Å². The molecular formula is C13H23N. The van der Waals surface area contributed by atoms with E-state index in [9.17, 15) is 0 Å². The lowest BCUT2D eigenvalue weighted by Crippen LogP contribution is -2.25. The summed E-state index contributed by atoms with van der Waals surface area (Å²) in [5, 5.41) is 0. The lowest BCUT2D eigenvalue weighted by atomic mass is 9.69. The number of rotatable bonds is 1. The van der Waals surface area contributed by atoms with Gasteiger partial charge in [0.25, 0.3) is 0 Å². The second kappa shape index (κ2) is 3.90. The van der Waals surface area contributed by atoms with Crippen LogP contribution in [0.1, 0.15) is 40.5 Å². The van der Waals surface area contributed by atoms with Gasteiger partial charge in [0.05, 0.1) is 0 Å². The van der Waals surface area contributed by atoms with E-state index in [1.165, 1.54) is 18.4 Å². The maximum absolute atomic E-state index is 5.65. The largest absolute Gasteiger partial charge is 0.327 e. The van der Waals surface area contributed by atoms with Crippen molar-refractivity contribution >= 4 is 0 Å². The monoisotopic (exact) mass is 193 g/mol. The van der Waals surface area contributed by atoms with Gasteiger partial charge in [0.15, 0.2) is 0 Å². The van der Waals surface area contributed by atoms with Crippen LogP contribution < -0.4 is 5.73 Å². The summed E-state index contributed by atoms with van der Waals surface area (Å²) in [4.78, 5) is 0. The summed E-state index contributed by atoms with van der Waals surface area (Å²) in [6, 6.07) is 0. The van der Waals surface area contributed by atoms with E-state index in [2.05, 4.69) is 45.9 Å². The first-order valence-electron chi connectivity index (χ1n) is 5.49. The molecule has 0 bridgehead atoms. The smallest absolute Gasteiger partial charge is 0.0110 e. The maximum atomic E-state index is 5.65. The molecule has 1 rings (SSSR count). The SMILES string of the molecule is CC1(C)C=CCCC(C)(C)/C1=C\CN. The zero-order valence-electron chi connectivity index (χ0n) is 9.93. The third-order valence-corrected chi connectivity index (χ3v) is 3.22. The Bertz CT molecular complexity index is 256. The Kier molecular flexibility index (Phi) is 3.20. The Labute approximate surface area is 88.1 Å². The molecule has 2 N–H and O–H groups in total. The second-order valence-electron chi connectivity index (χ2n) is 5.40. The van der Waals surface area contributed by atoms with Gasteiger partial charge in [-0.1, -0.05) is 51.5 Å². The second-order valence-corrected chi connectivity index (χ2v) is 5.40. The zero-order valence-corrected chi connectivity index (χ0v) is 9.93. The molecule has 1 aliphatic rings. The van der Waals surface area contributed by atoms with Crippen LogP contribution >= 0.6 is 0 Å². The van der Waals surface area contributed by atoms with Crippen molar-refractivity contribution in [3.05, 3.63) is 23.8 Å². The maximum Gasteiger partial charge on any atom is 0.0110 e. The van der Waals surface area contributed by atoms with Crippen molar-refractivity contribution in [3.63, 3.8) is 0 Å². The Morgan fingerprint density at radius 2 is 2.00 bits per heavy atom. The van der Waals surface area contributed by atoms with Crippen LogP contribution in [0.5, 0.6) is 0 Å². The molecule has 0 amide bonds. The predicted octanol–water partition coefficient (Wildman–Crippen LogP) is 3.27. The minimum Gasteiger partial charge on any atom is -0.327 e. The zero-order chi connectivity index (χ0) is 10.8. The summed E-state index contributed by atoms with van der Waals surface area (Å²) >= 11 is 0. The quantitative estimate of drug-likeness (QED) is 0.635. The highest BCUT2D eigenvalue weighted by atomic mass is 14.5. The Balaban J connectivity index is 3.12. The van der Waals surface area contributed by atoms with Gasteiger partial charge in [-0.25, -0.2) is 0 Å². The normalized spacial score (nSPS) is 27.6. The summed E-state index contributed by atoms with van der Waals surface area (Å²) in [6.45, 7) is 9.85. The average Bonchev–Trinajstić information content (AvgIpc) is 2.15. The molecule has 0 atom stereocenters. The lowest BCUT2D eigenvalue weighted by Gasteiger charge is -2.35. The van der Waals surface area contributed by atoms with Crippen LogP contribution in [0.2, 0.25) is 0 Å². The van der Waals surface area contributed by atoms with E-state index in [1.807, 2.05) is 0 Å². The Hall–Kier alpha value is -0.560. The van der Waals surface area contributed by atoms with Crippen molar-refractivity contribution in [2.45, 2.75) is 40.5 Å². The molecule has 1 heteroatoms. The molecule has 0 saturated heterocycles. The van der Waals surface area contributed by atoms with Crippen molar-refractivity contribution in [2.75, 3.05) is 6.54 Å². The minimum atomic E-state index is 0.166. The standard InChI is InChI=1S/C13H23N/c1-12(2)8-5-6-9-13(3,4)11(12)7-10-14/h5,7-8H,6,9-10,14H2,1-4H3/b11-7-. The highest BCUT2D eigenvalue weighted by Gasteiger charge is 2.33. The molecule has 0 saturated carbocycles. The molecule has 0 heterocycles. The first-order valence-corrected chi connectivity index (χ1v) is 5.49. The fourth-order valence-electron chi connectivity index (χ4n) is 2.58. The molecule has 80 valence electrons. The molecule has 0 aliphatic heterocycles. The van der Waals surface area contributed by atoms with Crippen LogP contribution in [0.15, 0.2) is 23.8 Å². The molecule has 1 nitrogen and oxygen atoms in total. The molecule has 0 radical (unpaired) electrons. The summed E-state index contributed by atoms with van der Waals surface area (Å²) in [5.74, 6) is 0. The van der Waals surface area contributed by atoms with Crippen LogP contribution in [0.4, 0.5) is 0 Å². The summed E-state index contributed by atoms with van der Waals surface area (Å²) in [5.41, 5.74) is 7.59. The van der Waals surface area contributed by atoms with E-state index >= 15 is 0 Å². The predicted molar refractivity (Wildman–Crippen MR) is 63.1 cm³/mol. The summed E-state index contributed by atoms with van der Waals surface area (Å²) < 4.78 is 0. The Morgan fingerprint density at radius 3 is 2.57 bits per heavy atom. The van der Waals surface area contributed by atoms with Gasteiger partial charge in [0.1, 0.15) is 0 Å². The van der Waals surface area contributed by atoms with Gasteiger partial charge in [-0.05, 0) is 18.3 Å². The van der Waals surface area contributed by atoms with Gasteiger partial charge in [-0.15, -0.1) is 0 Å². The Morgan fingerprint density at radius 1 is 1.36 bits per heavy atom. The number of hydrogen-bond donors (Lipinski definition) is 1. The van der Waals surface area contributed by atoms with Crippen LogP contribution in [0.3, 0.4) is 0 Å². The van der Waals surface area contributed by atoms with Crippen molar-refractivity contribution in [1.29, 1.82) is 0 Å². The van der Waals surface area contributed by atoms with Crippen LogP contribution in [-0.2, 0) is 0 Å². The molecule has 1 aliphatic carbocycles. The number of hydrogen-bond acceptors (Lipinski definition) is 1. The number of allylic oxidation sites excluding steroid dienone is 3. The molecule has 0 unspecified atom stereocenters. The summed E-state index contributed by atoms with van der Waals surface area (Å²) in [6.07, 6.45) is 9.23. The van der Waals surface area contributed by atoms with Gasteiger partial charge in [-0.2, -0.15) is 0 Å². The van der Waals surface area contributed by atoms with Crippen LogP contribution in [-0.4, -0.2) is 6.54 Å². The van der Waals surface area contributed by atoms with E-state index < -0.39 is 0 Å². The summed E-state index contributed by atoms with van der Waals surface area (Å²) in [7, 11) is 0. The van der Waals surface area contributed by atoms with Crippen molar-refractivity contribution < 1.29 is 0 Å². The van der Waals surface area contributed by atoms with E-state index in [-0.39, 0.29) is 10.8 Å². The fourth-order valence-corrected chi connectivity index (χ4v) is 2.58.